The summed E-state index contributed by atoms with van der Waals surface area (Å²) in [5, 5.41) is 20.6. The molecule has 0 heterocycles. The molecule has 0 unspecified atom stereocenters. The summed E-state index contributed by atoms with van der Waals surface area (Å²) in [6.07, 6.45) is 17.7. The number of aryl methyl sites for hydroxylation is 2. The van der Waals surface area contributed by atoms with Gasteiger partial charge in [-0.15, -0.1) is 0 Å². The fourth-order valence-corrected chi connectivity index (χ4v) is 5.90. The van der Waals surface area contributed by atoms with Crippen LogP contribution in [0.4, 0.5) is 0 Å². The molecule has 2 aromatic rings. The van der Waals surface area contributed by atoms with Gasteiger partial charge in [0.05, 0.1) is 9.79 Å². The average Bonchev–Trinajstić information content (AvgIpc) is 2.84. The highest BCUT2D eigenvalue weighted by atomic mass is 32.2. The largest absolute Gasteiger partial charge is 0.508 e. The minimum Gasteiger partial charge on any atom is -0.508 e. The molecule has 0 aliphatic carbocycles. The number of hydrogen-bond acceptors (Lipinski definition) is 4. The van der Waals surface area contributed by atoms with Crippen LogP contribution in [0.3, 0.4) is 0 Å². The predicted molar refractivity (Wildman–Crippen MR) is 145 cm³/mol. The molecule has 0 bridgehead atoms. The monoisotopic (exact) mass is 502 g/mol. The van der Waals surface area contributed by atoms with Gasteiger partial charge in [0.1, 0.15) is 11.5 Å². The Labute approximate surface area is 213 Å². The summed E-state index contributed by atoms with van der Waals surface area (Å²) in [4.78, 5) is 0.390. The number of phenolic OH excluding ortho intramolecular Hbond substituents is 2. The highest BCUT2D eigenvalue weighted by Crippen LogP contribution is 2.30. The first-order valence-electron chi connectivity index (χ1n) is 13.8. The summed E-state index contributed by atoms with van der Waals surface area (Å²) >= 11 is 0. The van der Waals surface area contributed by atoms with Gasteiger partial charge < -0.3 is 10.2 Å². The quantitative estimate of drug-likeness (QED) is 0.200. The summed E-state index contributed by atoms with van der Waals surface area (Å²) in [5.74, 6) is 0.306. The van der Waals surface area contributed by atoms with Crippen LogP contribution in [0.25, 0.3) is 0 Å². The van der Waals surface area contributed by atoms with Crippen molar-refractivity contribution < 1.29 is 18.6 Å². The molecule has 2 rings (SSSR count). The molecule has 0 aromatic heterocycles. The zero-order chi connectivity index (χ0) is 25.5. The van der Waals surface area contributed by atoms with Crippen molar-refractivity contribution in [2.24, 2.45) is 0 Å². The lowest BCUT2D eigenvalue weighted by Crippen LogP contribution is -2.04. The third-order valence-electron chi connectivity index (χ3n) is 6.82. The second-order valence-corrected chi connectivity index (χ2v) is 11.8. The van der Waals surface area contributed by atoms with Gasteiger partial charge in [-0.3, -0.25) is 0 Å². The van der Waals surface area contributed by atoms with Gasteiger partial charge in [-0.2, -0.15) is 0 Å². The van der Waals surface area contributed by atoms with E-state index in [4.69, 9.17) is 0 Å². The van der Waals surface area contributed by atoms with Crippen molar-refractivity contribution in [3.8, 4) is 11.5 Å². The molecule has 35 heavy (non-hydrogen) atoms. The summed E-state index contributed by atoms with van der Waals surface area (Å²) in [7, 11) is -3.73. The maximum Gasteiger partial charge on any atom is 0.206 e. The molecule has 2 N–H and O–H groups in total. The number of rotatable bonds is 18. The molecule has 2 aromatic carbocycles. The Morgan fingerprint density at radius 2 is 0.886 bits per heavy atom. The van der Waals surface area contributed by atoms with E-state index in [1.54, 1.807) is 12.1 Å². The summed E-state index contributed by atoms with van der Waals surface area (Å²) in [6.45, 7) is 4.42. The topological polar surface area (TPSA) is 74.6 Å². The Morgan fingerprint density at radius 1 is 0.543 bits per heavy atom. The zero-order valence-electron chi connectivity index (χ0n) is 21.9. The van der Waals surface area contributed by atoms with Gasteiger partial charge >= 0.3 is 0 Å². The number of hydrogen-bond donors (Lipinski definition) is 2. The van der Waals surface area contributed by atoms with E-state index >= 15 is 0 Å². The summed E-state index contributed by atoms with van der Waals surface area (Å²) in [5.41, 5.74) is 1.36. The van der Waals surface area contributed by atoms with Crippen molar-refractivity contribution in [3.05, 3.63) is 47.5 Å². The molecule has 4 nitrogen and oxygen atoms in total. The molecule has 0 aliphatic heterocycles. The first-order valence-corrected chi connectivity index (χ1v) is 15.3. The zero-order valence-corrected chi connectivity index (χ0v) is 22.7. The number of benzene rings is 2. The lowest BCUT2D eigenvalue weighted by atomic mass is 10.0. The van der Waals surface area contributed by atoms with Crippen LogP contribution < -0.4 is 0 Å². The Balaban J connectivity index is 2.00. The molecule has 0 fully saturated rings. The fourth-order valence-electron chi connectivity index (χ4n) is 4.54. The van der Waals surface area contributed by atoms with Crippen molar-refractivity contribution in [2.45, 2.75) is 126 Å². The highest BCUT2D eigenvalue weighted by molar-refractivity contribution is 7.91. The molecule has 196 valence electrons. The van der Waals surface area contributed by atoms with Crippen molar-refractivity contribution >= 4 is 9.84 Å². The van der Waals surface area contributed by atoms with Crippen molar-refractivity contribution in [1.82, 2.24) is 0 Å². The number of unbranched alkanes of at least 4 members (excludes halogenated alkanes) is 12. The van der Waals surface area contributed by atoms with Gasteiger partial charge in [0, 0.05) is 0 Å². The molecule has 0 saturated heterocycles. The molecular formula is C30H46O4S. The van der Waals surface area contributed by atoms with E-state index in [0.717, 1.165) is 25.7 Å². The van der Waals surface area contributed by atoms with Gasteiger partial charge in [0.15, 0.2) is 0 Å². The smallest absolute Gasteiger partial charge is 0.206 e. The summed E-state index contributed by atoms with van der Waals surface area (Å²) < 4.78 is 26.7. The van der Waals surface area contributed by atoms with Crippen LogP contribution in [-0.4, -0.2) is 18.6 Å². The van der Waals surface area contributed by atoms with Gasteiger partial charge in [-0.05, 0) is 73.2 Å². The lowest BCUT2D eigenvalue weighted by Gasteiger charge is -2.11. The maximum atomic E-state index is 13.4. The lowest BCUT2D eigenvalue weighted by molar-refractivity contribution is 0.465. The van der Waals surface area contributed by atoms with Crippen LogP contribution in [0.5, 0.6) is 11.5 Å². The molecule has 0 saturated carbocycles. The van der Waals surface area contributed by atoms with Crippen molar-refractivity contribution in [3.63, 3.8) is 0 Å². The third-order valence-corrected chi connectivity index (χ3v) is 8.57. The van der Waals surface area contributed by atoms with E-state index in [1.807, 2.05) is 0 Å². The van der Waals surface area contributed by atoms with E-state index in [-0.39, 0.29) is 21.3 Å². The SMILES string of the molecule is CCCCCCCCCc1cc(S(=O)(=O)c2ccc(O)c(CCCCCCCCC)c2)ccc1O. The van der Waals surface area contributed by atoms with Gasteiger partial charge in [-0.25, -0.2) is 8.42 Å². The Kier molecular flexibility index (Phi) is 13.3. The molecule has 0 spiro atoms. The number of phenols is 2. The Hall–Kier alpha value is -2.01. The predicted octanol–water partition coefficient (Wildman–Crippen LogP) is 8.52. The van der Waals surface area contributed by atoms with E-state index in [9.17, 15) is 18.6 Å². The first kappa shape index (κ1) is 29.2. The van der Waals surface area contributed by atoms with Crippen LogP contribution in [0.1, 0.15) is 115 Å². The Bertz CT molecular complexity index is 908. The molecule has 0 aliphatic rings. The van der Waals surface area contributed by atoms with E-state index in [2.05, 4.69) is 13.8 Å². The summed E-state index contributed by atoms with van der Waals surface area (Å²) in [6, 6.07) is 9.16. The molecule has 0 atom stereocenters. The molecular weight excluding hydrogens is 456 g/mol. The third kappa shape index (κ3) is 9.87. The van der Waals surface area contributed by atoms with Crippen LogP contribution in [-0.2, 0) is 22.7 Å². The fraction of sp³-hybridized carbons (Fsp3) is 0.600. The molecule has 0 amide bonds. The van der Waals surface area contributed by atoms with E-state index < -0.39 is 9.84 Å². The second-order valence-electron chi connectivity index (χ2n) is 9.83. The van der Waals surface area contributed by atoms with Gasteiger partial charge in [0.25, 0.3) is 0 Å². The van der Waals surface area contributed by atoms with Gasteiger partial charge in [-0.1, -0.05) is 90.9 Å². The minimum absolute atomic E-state index is 0.153. The minimum atomic E-state index is -3.73. The first-order chi connectivity index (χ1) is 16.9. The Morgan fingerprint density at radius 3 is 1.26 bits per heavy atom. The number of aromatic hydroxyl groups is 2. The van der Waals surface area contributed by atoms with Crippen LogP contribution in [0.15, 0.2) is 46.2 Å². The van der Waals surface area contributed by atoms with E-state index in [1.165, 1.54) is 88.5 Å². The standard InChI is InChI=1S/C30H46O4S/c1-3-5-7-9-11-13-15-17-25-23-27(19-21-29(25)31)35(33,34)28-20-22-30(32)26(24-28)18-16-14-12-10-8-6-4-2/h19-24,31-32H,3-18H2,1-2H3. The van der Waals surface area contributed by atoms with Gasteiger partial charge in [0.2, 0.25) is 9.84 Å². The van der Waals surface area contributed by atoms with Crippen LogP contribution in [0.2, 0.25) is 0 Å². The van der Waals surface area contributed by atoms with E-state index in [0.29, 0.717) is 24.0 Å². The molecule has 0 radical (unpaired) electrons. The maximum absolute atomic E-state index is 13.4. The molecule has 5 heteroatoms. The van der Waals surface area contributed by atoms with Crippen molar-refractivity contribution in [1.29, 1.82) is 0 Å². The number of sulfone groups is 1. The average molecular weight is 503 g/mol. The van der Waals surface area contributed by atoms with Crippen LogP contribution >= 0.6 is 0 Å². The van der Waals surface area contributed by atoms with Crippen molar-refractivity contribution in [2.75, 3.05) is 0 Å². The second kappa shape index (κ2) is 15.9. The normalized spacial score (nSPS) is 11.7. The van der Waals surface area contributed by atoms with Crippen LogP contribution in [0, 0.1) is 0 Å². The highest BCUT2D eigenvalue weighted by Gasteiger charge is 2.20.